The van der Waals surface area contributed by atoms with Crippen LogP contribution in [0.3, 0.4) is 0 Å². The molecular formula is C57H69N3O9. The largest absolute Gasteiger partial charge is 0.459 e. The highest BCUT2D eigenvalue weighted by molar-refractivity contribution is 6.03. The van der Waals surface area contributed by atoms with Crippen LogP contribution in [0, 0.1) is 33.8 Å². The number of ether oxygens (including phenoxy) is 3. The first-order valence-electron chi connectivity index (χ1n) is 25.3. The molecule has 0 radical (unpaired) electrons. The van der Waals surface area contributed by atoms with Gasteiger partial charge in [-0.05, 0) is 121 Å². The Labute approximate surface area is 407 Å². The van der Waals surface area contributed by atoms with E-state index in [4.69, 9.17) is 24.2 Å². The second-order valence-electron chi connectivity index (χ2n) is 19.2. The molecule has 2 saturated carbocycles. The predicted octanol–water partition coefficient (Wildman–Crippen LogP) is 12.1. The zero-order valence-electron chi connectivity index (χ0n) is 40.1. The van der Waals surface area contributed by atoms with E-state index in [1.165, 1.54) is 25.0 Å². The first-order valence-corrected chi connectivity index (χ1v) is 25.3. The molecule has 8 rings (SSSR count). The molecule has 4 aromatic carbocycles. The molecule has 12 heteroatoms. The summed E-state index contributed by atoms with van der Waals surface area (Å²) in [5.41, 5.74) is 5.57. The Morgan fingerprint density at radius 3 is 2.32 bits per heavy atom. The number of hydrogen-bond donors (Lipinski definition) is 2. The molecule has 6 atom stereocenters. The minimum absolute atomic E-state index is 0.00375. The number of nitrogens with zero attached hydrogens (tertiary/aromatic N) is 3. The Balaban J connectivity index is 1.26. The van der Waals surface area contributed by atoms with Crippen LogP contribution in [0.4, 0.5) is 5.69 Å². The fourth-order valence-corrected chi connectivity index (χ4v) is 11.6. The van der Waals surface area contributed by atoms with E-state index in [-0.39, 0.29) is 55.8 Å². The normalized spacial score (nSPS) is 23.3. The van der Waals surface area contributed by atoms with Crippen molar-refractivity contribution in [3.63, 3.8) is 0 Å². The summed E-state index contributed by atoms with van der Waals surface area (Å²) >= 11 is 0. The fraction of sp³-hybridized carbons (Fsp3) is 0.474. The Kier molecular flexibility index (Phi) is 17.0. The molecule has 0 spiro atoms. The van der Waals surface area contributed by atoms with Gasteiger partial charge in [0.1, 0.15) is 29.9 Å². The molecule has 1 aliphatic heterocycles. The fourth-order valence-electron chi connectivity index (χ4n) is 11.6. The van der Waals surface area contributed by atoms with Gasteiger partial charge in [-0.3, -0.25) is 14.9 Å². The third-order valence-corrected chi connectivity index (χ3v) is 14.8. The van der Waals surface area contributed by atoms with E-state index in [9.17, 15) is 25.1 Å². The number of unbranched alkanes of at least 4 members (excludes halogenated alkanes) is 2. The van der Waals surface area contributed by atoms with Gasteiger partial charge in [0.05, 0.1) is 23.2 Å². The van der Waals surface area contributed by atoms with Crippen LogP contribution in [0.2, 0.25) is 0 Å². The molecule has 2 N–H and O–H groups in total. The van der Waals surface area contributed by atoms with Crippen molar-refractivity contribution in [2.45, 2.75) is 121 Å². The maximum atomic E-state index is 14.9. The van der Waals surface area contributed by atoms with Crippen molar-refractivity contribution in [1.82, 2.24) is 4.90 Å². The van der Waals surface area contributed by atoms with E-state index in [0.29, 0.717) is 61.1 Å². The van der Waals surface area contributed by atoms with Crippen molar-refractivity contribution < 1.29 is 39.0 Å². The zero-order chi connectivity index (χ0) is 48.2. The highest BCUT2D eigenvalue weighted by Gasteiger charge is 2.65. The van der Waals surface area contributed by atoms with Crippen LogP contribution in [0.25, 0.3) is 11.1 Å². The number of nitro groups is 1. The number of amides is 1. The highest BCUT2D eigenvalue weighted by Crippen LogP contribution is 2.62. The molecule has 0 saturated heterocycles. The van der Waals surface area contributed by atoms with Crippen molar-refractivity contribution in [2.24, 2.45) is 28.8 Å². The molecule has 69 heavy (non-hydrogen) atoms. The van der Waals surface area contributed by atoms with Gasteiger partial charge in [0.25, 0.3) is 5.69 Å². The van der Waals surface area contributed by atoms with Crippen molar-refractivity contribution >= 4 is 17.3 Å². The predicted molar refractivity (Wildman–Crippen MR) is 268 cm³/mol. The Morgan fingerprint density at radius 1 is 0.913 bits per heavy atom. The second-order valence-corrected chi connectivity index (χ2v) is 19.2. The number of hydrogen-bond acceptors (Lipinski definition) is 10. The van der Waals surface area contributed by atoms with Crippen LogP contribution >= 0.6 is 0 Å². The topological polar surface area (TPSA) is 153 Å². The van der Waals surface area contributed by atoms with Gasteiger partial charge in [-0.25, -0.2) is 0 Å². The summed E-state index contributed by atoms with van der Waals surface area (Å²) in [7, 11) is 0. The molecular weight excluding hydrogens is 871 g/mol. The number of rotatable bonds is 24. The number of fused-ring (bicyclic) bond motifs is 2. The molecule has 2 fully saturated rings. The first kappa shape index (κ1) is 49.6. The number of aliphatic hydroxyl groups is 2. The van der Waals surface area contributed by atoms with Crippen molar-refractivity contribution in [2.75, 3.05) is 26.4 Å². The van der Waals surface area contributed by atoms with Gasteiger partial charge < -0.3 is 34.2 Å². The SMILES string of the molecule is C=CCO[C@@]12Oc3ccc(Oc4ccc(-c5ccccc5)cc4)cc3[C@H]3[C@H](CCCCO)[C@@H](CCCCO)C=C(C(=NOCc4ccc([N+](=O)[O-])cc4)C[C@@H]1N(CCC)C(=O)CCC1CCCC1)[C@H]32. The smallest absolute Gasteiger partial charge is 0.269 e. The summed E-state index contributed by atoms with van der Waals surface area (Å²) in [4.78, 5) is 34.2. The second kappa shape index (κ2) is 23.7. The zero-order valence-corrected chi connectivity index (χ0v) is 40.1. The number of carbonyl (C=O) groups is 1. The molecule has 0 aromatic heterocycles. The lowest BCUT2D eigenvalue weighted by Gasteiger charge is -2.60. The Hall–Kier alpha value is -5.82. The number of carbonyl (C=O) groups excluding carboxylic acids is 1. The molecule has 3 aliphatic carbocycles. The van der Waals surface area contributed by atoms with E-state index in [0.717, 1.165) is 79.2 Å². The van der Waals surface area contributed by atoms with Gasteiger partial charge >= 0.3 is 0 Å². The average Bonchev–Trinajstić information content (AvgIpc) is 3.90. The number of oxime groups is 1. The lowest BCUT2D eigenvalue weighted by atomic mass is 9.55. The number of allylic oxidation sites excluding steroid dienone is 1. The summed E-state index contributed by atoms with van der Waals surface area (Å²) in [6.45, 7) is 7.12. The van der Waals surface area contributed by atoms with Crippen LogP contribution in [0.15, 0.2) is 127 Å². The number of nitro benzene ring substituents is 1. The first-order chi connectivity index (χ1) is 33.8. The Bertz CT molecular complexity index is 2400. The highest BCUT2D eigenvalue weighted by atomic mass is 16.7. The maximum Gasteiger partial charge on any atom is 0.269 e. The molecule has 4 aliphatic rings. The van der Waals surface area contributed by atoms with E-state index < -0.39 is 22.7 Å². The summed E-state index contributed by atoms with van der Waals surface area (Å²) in [6.07, 6.45) is 15.7. The summed E-state index contributed by atoms with van der Waals surface area (Å²) in [6, 6.07) is 30.1. The number of aliphatic hydroxyl groups excluding tert-OH is 2. The van der Waals surface area contributed by atoms with E-state index in [1.807, 2.05) is 47.4 Å². The average molecular weight is 940 g/mol. The van der Waals surface area contributed by atoms with Gasteiger partial charge in [-0.2, -0.15) is 0 Å². The van der Waals surface area contributed by atoms with Crippen molar-refractivity contribution in [3.05, 3.63) is 143 Å². The monoisotopic (exact) mass is 940 g/mol. The summed E-state index contributed by atoms with van der Waals surface area (Å²) < 4.78 is 21.3. The van der Waals surface area contributed by atoms with Gasteiger partial charge in [-0.15, -0.1) is 6.58 Å². The third-order valence-electron chi connectivity index (χ3n) is 14.8. The van der Waals surface area contributed by atoms with Gasteiger partial charge in [0.2, 0.25) is 11.7 Å². The van der Waals surface area contributed by atoms with Crippen LogP contribution < -0.4 is 9.47 Å². The van der Waals surface area contributed by atoms with Gasteiger partial charge in [0.15, 0.2) is 0 Å². The van der Waals surface area contributed by atoms with E-state index >= 15 is 0 Å². The lowest BCUT2D eigenvalue weighted by Crippen LogP contribution is -2.70. The molecule has 4 aromatic rings. The molecule has 366 valence electrons. The van der Waals surface area contributed by atoms with Gasteiger partial charge in [0, 0.05) is 56.2 Å². The number of benzene rings is 4. The maximum absolute atomic E-state index is 14.9. The summed E-state index contributed by atoms with van der Waals surface area (Å²) in [5.74, 6) is 0.727. The van der Waals surface area contributed by atoms with Crippen LogP contribution in [0.5, 0.6) is 17.2 Å². The summed E-state index contributed by atoms with van der Waals surface area (Å²) in [5, 5.41) is 36.5. The minimum atomic E-state index is -1.35. The van der Waals surface area contributed by atoms with Gasteiger partial charge in [-0.1, -0.05) is 105 Å². The molecule has 0 bridgehead atoms. The third kappa shape index (κ3) is 11.5. The molecule has 0 unspecified atom stereocenters. The van der Waals surface area contributed by atoms with Crippen molar-refractivity contribution in [3.8, 4) is 28.4 Å². The molecule has 1 heterocycles. The molecule has 1 amide bonds. The Morgan fingerprint density at radius 2 is 1.62 bits per heavy atom. The van der Waals surface area contributed by atoms with E-state index in [2.05, 4.69) is 49.9 Å². The minimum Gasteiger partial charge on any atom is -0.459 e. The number of non-ortho nitro benzene ring substituents is 1. The van der Waals surface area contributed by atoms with Crippen LogP contribution in [-0.2, 0) is 21.0 Å². The van der Waals surface area contributed by atoms with Crippen LogP contribution in [-0.4, -0.2) is 69.8 Å². The molecule has 12 nitrogen and oxygen atoms in total. The standard InChI is InChI=1S/C57H69N3O9/c1-3-32-59(54(63)31-22-40-14-8-9-15-40)53-38-51(58-67-39-41-20-25-45(26-21-41)60(64)65)49-36-44(18-10-12-33-61)48(19-11-13-34-62)55-50-37-47(29-30-52(50)69-57(53,56(49)55)66-35-4-2)68-46-27-23-43(24-28-46)42-16-6-5-7-17-42/h4-7,16-17,20-21,23-30,36-37,40,44,48,53,55-56,61-62H,2-3,8-15,18-19,22,31-35,38-39H2,1H3/t44-,48+,53-,55+,56+,57+/m0/s1. The lowest BCUT2D eigenvalue weighted by molar-refractivity contribution is -0.384. The van der Waals surface area contributed by atoms with Crippen LogP contribution in [0.1, 0.15) is 114 Å². The van der Waals surface area contributed by atoms with E-state index in [1.54, 1.807) is 18.2 Å². The van der Waals surface area contributed by atoms with Crippen molar-refractivity contribution in [1.29, 1.82) is 0 Å². The quantitative estimate of drug-likeness (QED) is 0.0302.